The summed E-state index contributed by atoms with van der Waals surface area (Å²) in [4.78, 5) is 43.3. The van der Waals surface area contributed by atoms with Crippen molar-refractivity contribution in [1.29, 1.82) is 0 Å². The van der Waals surface area contributed by atoms with Gasteiger partial charge in [-0.25, -0.2) is 4.98 Å². The summed E-state index contributed by atoms with van der Waals surface area (Å²) in [5, 5.41) is 2.96. The highest BCUT2D eigenvalue weighted by Gasteiger charge is 2.35. The Hall–Kier alpha value is -3.48. The van der Waals surface area contributed by atoms with E-state index in [-0.39, 0.29) is 42.8 Å². The van der Waals surface area contributed by atoms with Gasteiger partial charge in [-0.15, -0.1) is 0 Å². The number of imide groups is 1. The normalized spacial score (nSPS) is 14.5. The first-order chi connectivity index (χ1) is 14.4. The predicted molar refractivity (Wildman–Crippen MR) is 113 cm³/mol. The van der Waals surface area contributed by atoms with Crippen LogP contribution in [0.25, 0.3) is 11.0 Å². The van der Waals surface area contributed by atoms with E-state index < -0.39 is 0 Å². The topological polar surface area (TPSA) is 84.3 Å². The molecule has 1 atom stereocenters. The molecule has 3 amide bonds. The lowest BCUT2D eigenvalue weighted by molar-refractivity contribution is -0.121. The second kappa shape index (κ2) is 7.74. The van der Waals surface area contributed by atoms with Crippen LogP contribution in [0.2, 0.25) is 0 Å². The van der Waals surface area contributed by atoms with Crippen molar-refractivity contribution in [2.75, 3.05) is 6.54 Å². The maximum Gasteiger partial charge on any atom is 0.261 e. The van der Waals surface area contributed by atoms with Gasteiger partial charge in [0, 0.05) is 19.0 Å². The van der Waals surface area contributed by atoms with Crippen LogP contribution in [0.4, 0.5) is 0 Å². The summed E-state index contributed by atoms with van der Waals surface area (Å²) in [6.07, 6.45) is 0.0394. The van der Waals surface area contributed by atoms with Crippen molar-refractivity contribution in [1.82, 2.24) is 19.8 Å². The first-order valence-electron chi connectivity index (χ1n) is 10.1. The van der Waals surface area contributed by atoms with Crippen molar-refractivity contribution < 1.29 is 14.4 Å². The Morgan fingerprint density at radius 1 is 0.967 bits per heavy atom. The number of aromatic nitrogens is 2. The minimum atomic E-state index is -0.349. The van der Waals surface area contributed by atoms with Gasteiger partial charge < -0.3 is 9.88 Å². The molecule has 1 aliphatic heterocycles. The summed E-state index contributed by atoms with van der Waals surface area (Å²) >= 11 is 0. The Bertz CT molecular complexity index is 1110. The van der Waals surface area contributed by atoms with Crippen LogP contribution in [-0.4, -0.2) is 38.7 Å². The second-order valence-corrected chi connectivity index (χ2v) is 7.77. The van der Waals surface area contributed by atoms with E-state index in [1.54, 1.807) is 24.3 Å². The molecular weight excluding hydrogens is 380 g/mol. The van der Waals surface area contributed by atoms with E-state index in [9.17, 15) is 14.4 Å². The number of imidazole rings is 1. The van der Waals surface area contributed by atoms with Crippen molar-refractivity contribution in [3.63, 3.8) is 0 Å². The summed E-state index contributed by atoms with van der Waals surface area (Å²) < 4.78 is 2.12. The summed E-state index contributed by atoms with van der Waals surface area (Å²) in [5.74, 6) is -0.155. The molecule has 2 aromatic carbocycles. The highest BCUT2D eigenvalue weighted by Crippen LogP contribution is 2.25. The highest BCUT2D eigenvalue weighted by molar-refractivity contribution is 6.21. The lowest BCUT2D eigenvalue weighted by Crippen LogP contribution is -2.35. The zero-order valence-corrected chi connectivity index (χ0v) is 17.3. The average molecular weight is 404 g/mol. The maximum absolute atomic E-state index is 12.6. The molecular formula is C23H24N4O3. The molecule has 4 rings (SSSR count). The lowest BCUT2D eigenvalue weighted by atomic mass is 10.1. The number of nitrogens with zero attached hydrogens (tertiary/aromatic N) is 3. The van der Waals surface area contributed by atoms with Crippen LogP contribution < -0.4 is 5.32 Å². The number of fused-ring (bicyclic) bond motifs is 2. The van der Waals surface area contributed by atoms with Gasteiger partial charge in [-0.2, -0.15) is 0 Å². The van der Waals surface area contributed by atoms with Crippen LogP contribution in [0.15, 0.2) is 48.5 Å². The third-order valence-corrected chi connectivity index (χ3v) is 5.34. The molecule has 30 heavy (non-hydrogen) atoms. The molecule has 154 valence electrons. The third-order valence-electron chi connectivity index (χ3n) is 5.34. The van der Waals surface area contributed by atoms with E-state index in [1.165, 1.54) is 0 Å². The monoisotopic (exact) mass is 404 g/mol. The van der Waals surface area contributed by atoms with Crippen molar-refractivity contribution in [2.45, 2.75) is 39.3 Å². The van der Waals surface area contributed by atoms with Crippen LogP contribution in [0.5, 0.6) is 0 Å². The Balaban J connectivity index is 1.44. The number of para-hydroxylation sites is 2. The molecule has 0 saturated heterocycles. The van der Waals surface area contributed by atoms with Gasteiger partial charge in [0.05, 0.1) is 28.2 Å². The number of hydrogen-bond acceptors (Lipinski definition) is 4. The number of amides is 3. The Kier molecular flexibility index (Phi) is 5.11. The van der Waals surface area contributed by atoms with Crippen LogP contribution in [0.3, 0.4) is 0 Å². The van der Waals surface area contributed by atoms with Crippen molar-refractivity contribution in [2.24, 2.45) is 0 Å². The largest absolute Gasteiger partial charge is 0.346 e. The molecule has 0 bridgehead atoms. The Morgan fingerprint density at radius 2 is 1.57 bits per heavy atom. The SMILES string of the molecule is CC(NC(=O)CCN1C(=O)c2ccccc2C1=O)c1nc2ccccc2n1C(C)C. The molecule has 0 saturated carbocycles. The summed E-state index contributed by atoms with van der Waals surface area (Å²) in [5.41, 5.74) is 2.69. The van der Waals surface area contributed by atoms with Crippen molar-refractivity contribution in [3.8, 4) is 0 Å². The molecule has 2 heterocycles. The van der Waals surface area contributed by atoms with Gasteiger partial charge in [0.15, 0.2) is 0 Å². The lowest BCUT2D eigenvalue weighted by Gasteiger charge is -2.19. The molecule has 7 nitrogen and oxygen atoms in total. The summed E-state index contributed by atoms with van der Waals surface area (Å²) in [6.45, 7) is 6.09. The third kappa shape index (κ3) is 3.36. The van der Waals surface area contributed by atoms with Crippen LogP contribution >= 0.6 is 0 Å². The van der Waals surface area contributed by atoms with E-state index in [1.807, 2.05) is 31.2 Å². The van der Waals surface area contributed by atoms with Gasteiger partial charge >= 0.3 is 0 Å². The molecule has 0 fully saturated rings. The molecule has 7 heteroatoms. The quantitative estimate of drug-likeness (QED) is 0.638. The number of nitrogens with one attached hydrogen (secondary N) is 1. The van der Waals surface area contributed by atoms with Crippen LogP contribution in [0.1, 0.15) is 65.8 Å². The summed E-state index contributed by atoms with van der Waals surface area (Å²) in [7, 11) is 0. The summed E-state index contributed by atoms with van der Waals surface area (Å²) in [6, 6.07) is 14.5. The first kappa shape index (κ1) is 19.8. The first-order valence-corrected chi connectivity index (χ1v) is 10.1. The Morgan fingerprint density at radius 3 is 2.20 bits per heavy atom. The fourth-order valence-electron chi connectivity index (χ4n) is 3.95. The molecule has 3 aromatic rings. The predicted octanol–water partition coefficient (Wildman–Crippen LogP) is 3.48. The molecule has 0 aliphatic carbocycles. The smallest absolute Gasteiger partial charge is 0.261 e. The Labute approximate surface area is 174 Å². The molecule has 0 radical (unpaired) electrons. The fraction of sp³-hybridized carbons (Fsp3) is 0.304. The number of carbonyl (C=O) groups excluding carboxylic acids is 3. The number of benzene rings is 2. The molecule has 1 N–H and O–H groups in total. The molecule has 1 aliphatic rings. The van der Waals surface area contributed by atoms with Gasteiger partial charge in [0.25, 0.3) is 11.8 Å². The zero-order chi connectivity index (χ0) is 21.4. The minimum absolute atomic E-state index is 0.0394. The van der Waals surface area contributed by atoms with Gasteiger partial charge in [-0.3, -0.25) is 19.3 Å². The van der Waals surface area contributed by atoms with Crippen LogP contribution in [-0.2, 0) is 4.79 Å². The number of carbonyl (C=O) groups is 3. The van der Waals surface area contributed by atoms with E-state index in [0.29, 0.717) is 11.1 Å². The van der Waals surface area contributed by atoms with Crippen molar-refractivity contribution in [3.05, 3.63) is 65.5 Å². The van der Waals surface area contributed by atoms with E-state index in [2.05, 4.69) is 23.7 Å². The van der Waals surface area contributed by atoms with E-state index >= 15 is 0 Å². The second-order valence-electron chi connectivity index (χ2n) is 7.77. The molecule has 1 aromatic heterocycles. The highest BCUT2D eigenvalue weighted by atomic mass is 16.2. The number of hydrogen-bond donors (Lipinski definition) is 1. The average Bonchev–Trinajstić information content (AvgIpc) is 3.23. The van der Waals surface area contributed by atoms with Crippen LogP contribution in [0, 0.1) is 0 Å². The fourth-order valence-corrected chi connectivity index (χ4v) is 3.95. The maximum atomic E-state index is 12.6. The standard InChI is InChI=1S/C23H24N4O3/c1-14(2)27-19-11-7-6-10-18(19)25-21(27)15(3)24-20(28)12-13-26-22(29)16-8-4-5-9-17(16)23(26)30/h4-11,14-15H,12-13H2,1-3H3,(H,24,28). The molecule has 1 unspecified atom stereocenters. The van der Waals surface area contributed by atoms with Gasteiger partial charge in [-0.05, 0) is 45.0 Å². The number of rotatable bonds is 6. The van der Waals surface area contributed by atoms with Gasteiger partial charge in [0.1, 0.15) is 5.82 Å². The zero-order valence-electron chi connectivity index (χ0n) is 17.3. The van der Waals surface area contributed by atoms with Crippen molar-refractivity contribution >= 4 is 28.8 Å². The minimum Gasteiger partial charge on any atom is -0.346 e. The van der Waals surface area contributed by atoms with E-state index in [0.717, 1.165) is 21.8 Å². The van der Waals surface area contributed by atoms with E-state index in [4.69, 9.17) is 4.98 Å². The van der Waals surface area contributed by atoms with Gasteiger partial charge in [0.2, 0.25) is 5.91 Å². The molecule has 0 spiro atoms. The van der Waals surface area contributed by atoms with Gasteiger partial charge in [-0.1, -0.05) is 24.3 Å².